The summed E-state index contributed by atoms with van der Waals surface area (Å²) in [6, 6.07) is 0.0215. The van der Waals surface area contributed by atoms with E-state index in [0.29, 0.717) is 31.6 Å². The van der Waals surface area contributed by atoms with Gasteiger partial charge in [0.05, 0.1) is 23.1 Å². The van der Waals surface area contributed by atoms with Crippen molar-refractivity contribution in [2.24, 2.45) is 0 Å². The van der Waals surface area contributed by atoms with Crippen molar-refractivity contribution in [3.05, 3.63) is 28.5 Å². The highest BCUT2D eigenvalue weighted by Gasteiger charge is 2.32. The molecular formula is C28H45N5O2S. The van der Waals surface area contributed by atoms with Crippen LogP contribution in [0.15, 0.2) is 11.6 Å². The third-order valence-corrected chi connectivity index (χ3v) is 7.82. The molecule has 7 nitrogen and oxygen atoms in total. The molecule has 2 aromatic rings. The minimum absolute atomic E-state index is 0.00664. The number of thiazole rings is 1. The molecule has 8 heteroatoms. The lowest BCUT2D eigenvalue weighted by atomic mass is 9.93. The summed E-state index contributed by atoms with van der Waals surface area (Å²) in [5.74, 6) is 0.232. The number of unbranched alkanes of at least 4 members (excludes halogenated alkanes) is 5. The quantitative estimate of drug-likeness (QED) is 0.344. The Hall–Kier alpha value is -2.22. The lowest BCUT2D eigenvalue weighted by molar-refractivity contribution is -0.135. The zero-order chi connectivity index (χ0) is 26.3. The van der Waals surface area contributed by atoms with Crippen LogP contribution in [0.25, 0.3) is 5.13 Å². The van der Waals surface area contributed by atoms with Gasteiger partial charge in [-0.3, -0.25) is 9.59 Å². The van der Waals surface area contributed by atoms with Crippen LogP contribution in [0, 0.1) is 0 Å². The molecule has 2 aromatic heterocycles. The lowest BCUT2D eigenvalue weighted by Crippen LogP contribution is -2.55. The zero-order valence-electron chi connectivity index (χ0n) is 23.2. The van der Waals surface area contributed by atoms with Crippen molar-refractivity contribution in [2.75, 3.05) is 19.6 Å². The van der Waals surface area contributed by atoms with Gasteiger partial charge >= 0.3 is 0 Å². The Morgan fingerprint density at radius 1 is 1.06 bits per heavy atom. The number of hydrogen-bond donors (Lipinski definition) is 0. The van der Waals surface area contributed by atoms with Crippen LogP contribution in [0.4, 0.5) is 0 Å². The fourth-order valence-corrected chi connectivity index (χ4v) is 5.82. The molecule has 1 aliphatic heterocycles. The highest BCUT2D eigenvalue weighted by molar-refractivity contribution is 7.12. The van der Waals surface area contributed by atoms with Gasteiger partial charge in [0.2, 0.25) is 11.0 Å². The van der Waals surface area contributed by atoms with Gasteiger partial charge in [-0.25, -0.2) is 9.67 Å². The summed E-state index contributed by atoms with van der Waals surface area (Å²) in [7, 11) is 0. The van der Waals surface area contributed by atoms with Crippen LogP contribution in [0.1, 0.15) is 115 Å². The second-order valence-electron chi connectivity index (χ2n) is 11.1. The lowest BCUT2D eigenvalue weighted by Gasteiger charge is -2.40. The fraction of sp³-hybridized carbons (Fsp3) is 0.714. The second-order valence-corrected chi connectivity index (χ2v) is 12.0. The number of amides is 2. The highest BCUT2D eigenvalue weighted by Crippen LogP contribution is 2.28. The molecule has 0 saturated carbocycles. The third-order valence-electron chi connectivity index (χ3n) is 7.01. The molecule has 36 heavy (non-hydrogen) atoms. The SMILES string of the molecule is CCCCCCCCC(=O)N1CCN(C(=O)c2cnn(-c3nc(C(C)(C)C)cs3)c2CCC)CC1C. The Labute approximate surface area is 221 Å². The maximum atomic E-state index is 13.6. The molecule has 3 heterocycles. The Morgan fingerprint density at radius 3 is 2.42 bits per heavy atom. The predicted molar refractivity (Wildman–Crippen MR) is 147 cm³/mol. The molecule has 200 valence electrons. The molecule has 0 aliphatic carbocycles. The Morgan fingerprint density at radius 2 is 1.78 bits per heavy atom. The van der Waals surface area contributed by atoms with Gasteiger partial charge in [0.15, 0.2) is 0 Å². The standard InChI is InChI=1S/C28H45N5O2S/c1-7-9-10-11-12-13-15-25(34)32-17-16-31(19-21(32)3)26(35)22-18-29-33(23(22)14-8-2)27-30-24(20-36-27)28(4,5)6/h18,20-21H,7-17,19H2,1-6H3. The Bertz CT molecular complexity index is 1010. The first-order chi connectivity index (χ1) is 17.2. The molecular weight excluding hydrogens is 470 g/mol. The van der Waals surface area contributed by atoms with Crippen LogP contribution in [0.5, 0.6) is 0 Å². The van der Waals surface area contributed by atoms with E-state index < -0.39 is 0 Å². The minimum atomic E-state index is -0.0340. The molecule has 0 spiro atoms. The average Bonchev–Trinajstić information content (AvgIpc) is 3.48. The molecule has 3 rings (SSSR count). The summed E-state index contributed by atoms with van der Waals surface area (Å²) in [6.07, 6.45) is 11.1. The van der Waals surface area contributed by atoms with Crippen LogP contribution in [0.3, 0.4) is 0 Å². The number of nitrogens with zero attached hydrogens (tertiary/aromatic N) is 5. The third kappa shape index (κ3) is 6.96. The first-order valence-electron chi connectivity index (χ1n) is 13.8. The largest absolute Gasteiger partial charge is 0.336 e. The van der Waals surface area contributed by atoms with Crippen molar-refractivity contribution in [3.8, 4) is 5.13 Å². The van der Waals surface area contributed by atoms with Crippen LogP contribution in [-0.2, 0) is 16.6 Å². The summed E-state index contributed by atoms with van der Waals surface area (Å²) in [4.78, 5) is 35.1. The molecule has 1 fully saturated rings. The zero-order valence-corrected chi connectivity index (χ0v) is 24.0. The monoisotopic (exact) mass is 515 g/mol. The number of aromatic nitrogens is 3. The van der Waals surface area contributed by atoms with Crippen LogP contribution >= 0.6 is 11.3 Å². The molecule has 1 saturated heterocycles. The summed E-state index contributed by atoms with van der Waals surface area (Å²) in [5.41, 5.74) is 2.58. The van der Waals surface area contributed by atoms with Crippen LogP contribution in [-0.4, -0.2) is 62.1 Å². The maximum Gasteiger partial charge on any atom is 0.257 e. The number of hydrogen-bond acceptors (Lipinski definition) is 5. The molecule has 0 bridgehead atoms. The van der Waals surface area contributed by atoms with E-state index in [2.05, 4.69) is 52.0 Å². The highest BCUT2D eigenvalue weighted by atomic mass is 32.1. The summed E-state index contributed by atoms with van der Waals surface area (Å²) < 4.78 is 1.85. The van der Waals surface area contributed by atoms with Crippen molar-refractivity contribution in [2.45, 2.75) is 111 Å². The van der Waals surface area contributed by atoms with E-state index in [1.54, 1.807) is 17.5 Å². The van der Waals surface area contributed by atoms with Crippen molar-refractivity contribution >= 4 is 23.2 Å². The van der Waals surface area contributed by atoms with Crippen molar-refractivity contribution in [1.82, 2.24) is 24.6 Å². The predicted octanol–water partition coefficient (Wildman–Crippen LogP) is 6.00. The second kappa shape index (κ2) is 12.8. The molecule has 1 unspecified atom stereocenters. The first-order valence-corrected chi connectivity index (χ1v) is 14.7. The first kappa shape index (κ1) is 28.4. The van der Waals surface area contributed by atoms with Crippen molar-refractivity contribution in [3.63, 3.8) is 0 Å². The van der Waals surface area contributed by atoms with Crippen molar-refractivity contribution in [1.29, 1.82) is 0 Å². The maximum absolute atomic E-state index is 13.6. The molecule has 0 radical (unpaired) electrons. The summed E-state index contributed by atoms with van der Waals surface area (Å²) >= 11 is 1.57. The van der Waals surface area contributed by atoms with Gasteiger partial charge in [-0.15, -0.1) is 11.3 Å². The smallest absolute Gasteiger partial charge is 0.257 e. The molecule has 0 aromatic carbocycles. The Kier molecular flexibility index (Phi) is 10.1. The molecule has 1 aliphatic rings. The topological polar surface area (TPSA) is 71.3 Å². The Balaban J connectivity index is 1.64. The van der Waals surface area contributed by atoms with Gasteiger partial charge in [0.25, 0.3) is 5.91 Å². The van der Waals surface area contributed by atoms with E-state index in [1.165, 1.54) is 25.7 Å². The van der Waals surface area contributed by atoms with Crippen LogP contribution in [0.2, 0.25) is 0 Å². The molecule has 1 atom stereocenters. The molecule has 0 N–H and O–H groups in total. The van der Waals surface area contributed by atoms with Gasteiger partial charge in [-0.1, -0.05) is 73.1 Å². The number of carbonyl (C=O) groups is 2. The minimum Gasteiger partial charge on any atom is -0.336 e. The number of rotatable bonds is 11. The van der Waals surface area contributed by atoms with Gasteiger partial charge in [0.1, 0.15) is 0 Å². The van der Waals surface area contributed by atoms with E-state index in [0.717, 1.165) is 42.2 Å². The van der Waals surface area contributed by atoms with E-state index in [-0.39, 0.29) is 23.3 Å². The number of piperazine rings is 1. The average molecular weight is 516 g/mol. The summed E-state index contributed by atoms with van der Waals surface area (Å²) in [5, 5.41) is 7.48. The number of carbonyl (C=O) groups excluding carboxylic acids is 2. The van der Waals surface area contributed by atoms with Gasteiger partial charge in [-0.2, -0.15) is 5.10 Å². The fourth-order valence-electron chi connectivity index (χ4n) is 4.78. The van der Waals surface area contributed by atoms with E-state index in [9.17, 15) is 9.59 Å². The summed E-state index contributed by atoms with van der Waals surface area (Å²) in [6.45, 7) is 14.6. The normalized spacial score (nSPS) is 16.6. The van der Waals surface area contributed by atoms with Gasteiger partial charge in [0, 0.05) is 42.9 Å². The molecule has 2 amide bonds. The van der Waals surface area contributed by atoms with Gasteiger partial charge in [-0.05, 0) is 19.8 Å². The van der Waals surface area contributed by atoms with Crippen molar-refractivity contribution < 1.29 is 9.59 Å². The van der Waals surface area contributed by atoms with E-state index in [1.807, 2.05) is 14.5 Å². The van der Waals surface area contributed by atoms with Gasteiger partial charge < -0.3 is 9.80 Å². The van der Waals surface area contributed by atoms with Crippen LogP contribution < -0.4 is 0 Å². The van der Waals surface area contributed by atoms with E-state index in [4.69, 9.17) is 4.98 Å². The van der Waals surface area contributed by atoms with E-state index >= 15 is 0 Å².